The molecule has 0 aromatic carbocycles. The molecule has 0 saturated heterocycles. The number of hydrogen-bond acceptors (Lipinski definition) is 4. The smallest absolute Gasteiger partial charge is 0.142 e. The summed E-state index contributed by atoms with van der Waals surface area (Å²) < 4.78 is 0. The summed E-state index contributed by atoms with van der Waals surface area (Å²) in [6, 6.07) is 0. The molecule has 0 radical (unpaired) electrons. The first-order valence-corrected chi connectivity index (χ1v) is 2.58. The molecule has 0 heterocycles. The highest BCUT2D eigenvalue weighted by atomic mass is 16.2. The summed E-state index contributed by atoms with van der Waals surface area (Å²) >= 11 is 0. The summed E-state index contributed by atoms with van der Waals surface area (Å²) in [5.41, 5.74) is 5.01. The highest BCUT2D eigenvalue weighted by Gasteiger charge is 1.96. The van der Waals surface area contributed by atoms with Gasteiger partial charge in [-0.3, -0.25) is 5.41 Å². The summed E-state index contributed by atoms with van der Waals surface area (Å²) in [6.45, 7) is 0.0337. The minimum atomic E-state index is -0.302. The fraction of sp³-hybridized carbons (Fsp3) is 0.200. The zero-order chi connectivity index (χ0) is 7.98. The molecule has 0 saturated carbocycles. The molecule has 0 bridgehead atoms. The zero-order valence-electron chi connectivity index (χ0n) is 5.29. The summed E-state index contributed by atoms with van der Waals surface area (Å²) in [5, 5.41) is 17.6. The van der Waals surface area contributed by atoms with Crippen molar-refractivity contribution < 1.29 is 9.90 Å². The van der Waals surface area contributed by atoms with E-state index in [1.165, 1.54) is 0 Å². The maximum Gasteiger partial charge on any atom is 0.142 e. The topological polar surface area (TPSA) is 99.2 Å². The molecular formula is C5H9N3O2. The van der Waals surface area contributed by atoms with Crippen LogP contribution in [0.1, 0.15) is 0 Å². The van der Waals surface area contributed by atoms with Crippen LogP contribution in [0.15, 0.2) is 12.0 Å². The Balaban J connectivity index is 3.85. The Morgan fingerprint density at radius 3 is 2.70 bits per heavy atom. The van der Waals surface area contributed by atoms with Gasteiger partial charge in [-0.05, 0) is 0 Å². The Bertz CT molecular complexity index is 164. The molecule has 0 aliphatic carbocycles. The van der Waals surface area contributed by atoms with Gasteiger partial charge >= 0.3 is 0 Å². The maximum atomic E-state index is 9.77. The van der Waals surface area contributed by atoms with Crippen molar-refractivity contribution in [3.05, 3.63) is 12.0 Å². The maximum absolute atomic E-state index is 9.77. The van der Waals surface area contributed by atoms with Crippen molar-refractivity contribution in [2.45, 2.75) is 0 Å². The minimum Gasteiger partial charge on any atom is -0.513 e. The predicted molar refractivity (Wildman–Crippen MR) is 36.7 cm³/mol. The van der Waals surface area contributed by atoms with Crippen LogP contribution < -0.4 is 11.1 Å². The molecule has 5 N–H and O–H groups in total. The Kier molecular flexibility index (Phi) is 3.70. The first-order valence-electron chi connectivity index (χ1n) is 2.58. The van der Waals surface area contributed by atoms with Gasteiger partial charge in [0.1, 0.15) is 24.1 Å². The molecule has 0 aliphatic heterocycles. The van der Waals surface area contributed by atoms with Gasteiger partial charge in [0.2, 0.25) is 0 Å². The van der Waals surface area contributed by atoms with Crippen LogP contribution in [-0.4, -0.2) is 23.8 Å². The fourth-order valence-electron chi connectivity index (χ4n) is 0.362. The molecule has 0 rings (SSSR count). The number of aliphatic hydroxyl groups is 1. The zero-order valence-corrected chi connectivity index (χ0v) is 5.29. The normalized spacial score (nSPS) is 10.6. The first-order chi connectivity index (χ1) is 4.72. The van der Waals surface area contributed by atoms with E-state index in [1.807, 2.05) is 0 Å². The van der Waals surface area contributed by atoms with Crippen LogP contribution in [0.25, 0.3) is 0 Å². The van der Waals surface area contributed by atoms with Gasteiger partial charge < -0.3 is 21.0 Å². The lowest BCUT2D eigenvalue weighted by atomic mass is 10.4. The van der Waals surface area contributed by atoms with Gasteiger partial charge in [-0.25, -0.2) is 0 Å². The van der Waals surface area contributed by atoms with Gasteiger partial charge in [-0.1, -0.05) is 0 Å². The number of carbonyl (C=O) groups excluding carboxylic acids is 1. The van der Waals surface area contributed by atoms with Crippen molar-refractivity contribution >= 4 is 12.1 Å². The Hall–Kier alpha value is -1.52. The highest BCUT2D eigenvalue weighted by Crippen LogP contribution is 1.82. The van der Waals surface area contributed by atoms with E-state index in [0.29, 0.717) is 12.5 Å². The fourth-order valence-corrected chi connectivity index (χ4v) is 0.362. The molecule has 5 heteroatoms. The van der Waals surface area contributed by atoms with Gasteiger partial charge in [0.25, 0.3) is 0 Å². The summed E-state index contributed by atoms with van der Waals surface area (Å²) in [5.74, 6) is -0.302. The van der Waals surface area contributed by atoms with Crippen LogP contribution in [0.2, 0.25) is 0 Å². The van der Waals surface area contributed by atoms with Crippen LogP contribution in [-0.2, 0) is 4.79 Å². The average Bonchev–Trinajstić information content (AvgIpc) is 1.89. The third-order valence-electron chi connectivity index (χ3n) is 0.795. The van der Waals surface area contributed by atoms with E-state index >= 15 is 0 Å². The number of carbonyl (C=O) groups is 1. The van der Waals surface area contributed by atoms with E-state index in [2.05, 4.69) is 5.32 Å². The van der Waals surface area contributed by atoms with Crippen molar-refractivity contribution in [1.29, 1.82) is 5.41 Å². The van der Waals surface area contributed by atoms with Gasteiger partial charge in [-0.15, -0.1) is 0 Å². The van der Waals surface area contributed by atoms with E-state index in [1.54, 1.807) is 0 Å². The number of aliphatic hydroxyl groups excluding tert-OH is 1. The van der Waals surface area contributed by atoms with E-state index in [9.17, 15) is 4.79 Å². The van der Waals surface area contributed by atoms with E-state index < -0.39 is 0 Å². The third-order valence-corrected chi connectivity index (χ3v) is 0.795. The van der Waals surface area contributed by atoms with Crippen LogP contribution in [0.5, 0.6) is 0 Å². The standard InChI is InChI=1S/C5H9N3O2/c6-5(7)4(3-10)8-1-2-9/h2-3,8,10H,1H2,(H3,6,7). The highest BCUT2D eigenvalue weighted by molar-refractivity contribution is 5.93. The number of nitrogens with one attached hydrogen (secondary N) is 2. The first kappa shape index (κ1) is 8.48. The second kappa shape index (κ2) is 4.37. The van der Waals surface area contributed by atoms with Gasteiger partial charge in [0, 0.05) is 0 Å². The Labute approximate surface area is 58.0 Å². The van der Waals surface area contributed by atoms with Gasteiger partial charge in [0.05, 0.1) is 6.54 Å². The molecule has 0 amide bonds. The molecule has 5 nitrogen and oxygen atoms in total. The lowest BCUT2D eigenvalue weighted by molar-refractivity contribution is -0.107. The van der Waals surface area contributed by atoms with E-state index in [0.717, 1.165) is 0 Å². The van der Waals surface area contributed by atoms with Crippen molar-refractivity contribution in [3.63, 3.8) is 0 Å². The molecule has 0 atom stereocenters. The van der Waals surface area contributed by atoms with E-state index in [4.69, 9.17) is 16.2 Å². The summed E-state index contributed by atoms with van der Waals surface area (Å²) in [6.07, 6.45) is 1.25. The molecule has 0 aromatic heterocycles. The molecular weight excluding hydrogens is 134 g/mol. The number of aldehydes is 1. The predicted octanol–water partition coefficient (Wildman–Crippen LogP) is -0.890. The van der Waals surface area contributed by atoms with Crippen molar-refractivity contribution in [3.8, 4) is 0 Å². The minimum absolute atomic E-state index is 0.0337. The average molecular weight is 143 g/mol. The lowest BCUT2D eigenvalue weighted by Gasteiger charge is -2.02. The third kappa shape index (κ3) is 2.71. The molecule has 0 unspecified atom stereocenters. The van der Waals surface area contributed by atoms with Crippen LogP contribution in [0.4, 0.5) is 0 Å². The largest absolute Gasteiger partial charge is 0.513 e. The van der Waals surface area contributed by atoms with Gasteiger partial charge in [0.15, 0.2) is 0 Å². The summed E-state index contributed by atoms with van der Waals surface area (Å²) in [7, 11) is 0. The summed E-state index contributed by atoms with van der Waals surface area (Å²) in [4.78, 5) is 9.77. The number of hydrogen-bond donors (Lipinski definition) is 4. The van der Waals surface area contributed by atoms with Crippen molar-refractivity contribution in [2.24, 2.45) is 5.73 Å². The molecule has 56 valence electrons. The molecule has 0 fully saturated rings. The number of amidine groups is 1. The Morgan fingerprint density at radius 2 is 2.40 bits per heavy atom. The lowest BCUT2D eigenvalue weighted by Crippen LogP contribution is -2.26. The molecule has 0 aliphatic rings. The van der Waals surface area contributed by atoms with Crippen LogP contribution >= 0.6 is 0 Å². The molecule has 0 aromatic rings. The SMILES string of the molecule is N=C(N)C(=CO)NCC=O. The quantitative estimate of drug-likeness (QED) is 0.177. The van der Waals surface area contributed by atoms with Crippen LogP contribution in [0.3, 0.4) is 0 Å². The second-order valence-corrected chi connectivity index (χ2v) is 1.50. The Morgan fingerprint density at radius 1 is 1.80 bits per heavy atom. The van der Waals surface area contributed by atoms with Crippen molar-refractivity contribution in [1.82, 2.24) is 5.32 Å². The van der Waals surface area contributed by atoms with E-state index in [-0.39, 0.29) is 18.1 Å². The molecule has 0 spiro atoms. The van der Waals surface area contributed by atoms with Crippen LogP contribution in [0, 0.1) is 5.41 Å². The monoisotopic (exact) mass is 143 g/mol. The van der Waals surface area contributed by atoms with Gasteiger partial charge in [-0.2, -0.15) is 0 Å². The number of nitrogens with two attached hydrogens (primary N) is 1. The molecule has 10 heavy (non-hydrogen) atoms. The second-order valence-electron chi connectivity index (χ2n) is 1.50. The van der Waals surface area contributed by atoms with Crippen molar-refractivity contribution in [2.75, 3.05) is 6.54 Å². The number of rotatable bonds is 4.